The molecule has 0 radical (unpaired) electrons. The molecular formula is C24H28N2O3. The first-order valence-electron chi connectivity index (χ1n) is 9.54. The van der Waals surface area contributed by atoms with E-state index in [-0.39, 0.29) is 34.1 Å². The number of hydrogen-bond donors (Lipinski definition) is 2. The van der Waals surface area contributed by atoms with Gasteiger partial charge in [0.25, 0.3) is 0 Å². The predicted molar refractivity (Wildman–Crippen MR) is 114 cm³/mol. The molecule has 5 nitrogen and oxygen atoms in total. The van der Waals surface area contributed by atoms with E-state index < -0.39 is 11.7 Å². The summed E-state index contributed by atoms with van der Waals surface area (Å²) in [6, 6.07) is 11.9. The minimum absolute atomic E-state index is 0.0990. The standard InChI is InChI=1S/C24H28N2O3/c1-23(2,3)17-11-18(24(4,5)6)21(28)12-19(17)26-22(29)13-20(27)16-10-8-7-9-15(16)14-25/h7-12,28H,13H2,1-6H3,(H,26,29). The van der Waals surface area contributed by atoms with Crippen molar-refractivity contribution in [2.24, 2.45) is 0 Å². The Morgan fingerprint density at radius 2 is 1.59 bits per heavy atom. The number of amides is 1. The second-order valence-electron chi connectivity index (χ2n) is 9.22. The van der Waals surface area contributed by atoms with E-state index in [1.54, 1.807) is 30.3 Å². The number of nitrogens with zero attached hydrogens (tertiary/aromatic N) is 1. The molecule has 0 heterocycles. The van der Waals surface area contributed by atoms with Gasteiger partial charge in [-0.25, -0.2) is 0 Å². The largest absolute Gasteiger partial charge is 0.508 e. The lowest BCUT2D eigenvalue weighted by molar-refractivity contribution is -0.115. The maximum Gasteiger partial charge on any atom is 0.232 e. The number of aromatic hydroxyl groups is 1. The predicted octanol–water partition coefficient (Wildman–Crippen LogP) is 5.07. The maximum atomic E-state index is 12.6. The molecular weight excluding hydrogens is 364 g/mol. The molecule has 2 rings (SSSR count). The molecule has 2 aromatic rings. The summed E-state index contributed by atoms with van der Waals surface area (Å²) in [4.78, 5) is 25.1. The van der Waals surface area contributed by atoms with Crippen LogP contribution in [0.15, 0.2) is 36.4 Å². The molecule has 0 aliphatic heterocycles. The summed E-state index contributed by atoms with van der Waals surface area (Å²) in [5.41, 5.74) is 2.07. The number of rotatable bonds is 4. The second kappa shape index (κ2) is 8.08. The molecule has 0 fully saturated rings. The van der Waals surface area contributed by atoms with Gasteiger partial charge >= 0.3 is 0 Å². The Labute approximate surface area is 172 Å². The fourth-order valence-electron chi connectivity index (χ4n) is 3.17. The number of ketones is 1. The molecule has 0 atom stereocenters. The highest BCUT2D eigenvalue weighted by molar-refractivity contribution is 6.12. The lowest BCUT2D eigenvalue weighted by atomic mass is 9.79. The van der Waals surface area contributed by atoms with Gasteiger partial charge in [0.1, 0.15) is 5.75 Å². The van der Waals surface area contributed by atoms with Crippen LogP contribution in [0.3, 0.4) is 0 Å². The van der Waals surface area contributed by atoms with Crippen molar-refractivity contribution >= 4 is 17.4 Å². The average Bonchev–Trinajstić information content (AvgIpc) is 2.59. The van der Waals surface area contributed by atoms with E-state index in [0.717, 1.165) is 11.1 Å². The van der Waals surface area contributed by atoms with Crippen molar-refractivity contribution in [3.8, 4) is 11.8 Å². The maximum absolute atomic E-state index is 12.6. The molecule has 2 aromatic carbocycles. The molecule has 2 N–H and O–H groups in total. The smallest absolute Gasteiger partial charge is 0.232 e. The molecule has 152 valence electrons. The van der Waals surface area contributed by atoms with Crippen LogP contribution in [0.1, 0.15) is 75.0 Å². The van der Waals surface area contributed by atoms with Crippen molar-refractivity contribution in [3.63, 3.8) is 0 Å². The third-order valence-corrected chi connectivity index (χ3v) is 4.70. The summed E-state index contributed by atoms with van der Waals surface area (Å²) in [6.45, 7) is 12.1. The number of phenolic OH excluding ortho intramolecular Hbond substituents is 1. The summed E-state index contributed by atoms with van der Waals surface area (Å²) in [7, 11) is 0. The first kappa shape index (κ1) is 22.2. The molecule has 0 aliphatic carbocycles. The van der Waals surface area contributed by atoms with Gasteiger partial charge in [0.05, 0.1) is 18.1 Å². The Kier molecular flexibility index (Phi) is 6.18. The summed E-state index contributed by atoms with van der Waals surface area (Å²) in [5.74, 6) is -0.814. The number of carbonyl (C=O) groups excluding carboxylic acids is 2. The third kappa shape index (κ3) is 5.23. The van der Waals surface area contributed by atoms with Gasteiger partial charge < -0.3 is 10.4 Å². The van der Waals surface area contributed by atoms with E-state index in [1.807, 2.05) is 53.7 Å². The minimum Gasteiger partial charge on any atom is -0.508 e. The second-order valence-corrected chi connectivity index (χ2v) is 9.22. The van der Waals surface area contributed by atoms with Gasteiger partial charge in [0, 0.05) is 17.3 Å². The molecule has 0 saturated carbocycles. The van der Waals surface area contributed by atoms with E-state index in [0.29, 0.717) is 5.69 Å². The van der Waals surface area contributed by atoms with Crippen LogP contribution in [0.25, 0.3) is 0 Å². The van der Waals surface area contributed by atoms with Crippen molar-refractivity contribution in [3.05, 3.63) is 58.7 Å². The van der Waals surface area contributed by atoms with Crippen molar-refractivity contribution in [2.45, 2.75) is 58.8 Å². The molecule has 0 spiro atoms. The van der Waals surface area contributed by atoms with E-state index >= 15 is 0 Å². The van der Waals surface area contributed by atoms with Gasteiger partial charge in [-0.2, -0.15) is 5.26 Å². The highest BCUT2D eigenvalue weighted by Gasteiger charge is 2.26. The van der Waals surface area contributed by atoms with Crippen LogP contribution < -0.4 is 5.32 Å². The van der Waals surface area contributed by atoms with Gasteiger partial charge in [0.15, 0.2) is 5.78 Å². The van der Waals surface area contributed by atoms with Crippen LogP contribution in [-0.4, -0.2) is 16.8 Å². The van der Waals surface area contributed by atoms with E-state index in [4.69, 9.17) is 5.26 Å². The summed E-state index contributed by atoms with van der Waals surface area (Å²) in [5, 5.41) is 22.4. The normalized spacial score (nSPS) is 11.6. The zero-order valence-electron chi connectivity index (χ0n) is 17.9. The van der Waals surface area contributed by atoms with Gasteiger partial charge in [-0.3, -0.25) is 9.59 Å². The number of anilines is 1. The van der Waals surface area contributed by atoms with Crippen molar-refractivity contribution in [2.75, 3.05) is 5.32 Å². The zero-order chi connectivity index (χ0) is 22.0. The van der Waals surface area contributed by atoms with E-state index in [9.17, 15) is 14.7 Å². The van der Waals surface area contributed by atoms with Gasteiger partial charge in [-0.1, -0.05) is 59.7 Å². The first-order chi connectivity index (χ1) is 13.3. The van der Waals surface area contributed by atoms with E-state index in [2.05, 4.69) is 5.32 Å². The number of benzene rings is 2. The summed E-state index contributed by atoms with van der Waals surface area (Å²) >= 11 is 0. The van der Waals surface area contributed by atoms with Crippen LogP contribution in [0.5, 0.6) is 5.75 Å². The van der Waals surface area contributed by atoms with Crippen LogP contribution in [-0.2, 0) is 15.6 Å². The van der Waals surface area contributed by atoms with Crippen LogP contribution in [0.4, 0.5) is 5.69 Å². The number of carbonyl (C=O) groups is 2. The third-order valence-electron chi connectivity index (χ3n) is 4.70. The molecule has 0 aliphatic rings. The average molecular weight is 392 g/mol. The number of phenols is 1. The quantitative estimate of drug-likeness (QED) is 0.561. The number of nitrogens with one attached hydrogen (secondary N) is 1. The molecule has 0 bridgehead atoms. The molecule has 29 heavy (non-hydrogen) atoms. The number of hydrogen-bond acceptors (Lipinski definition) is 4. The molecule has 0 unspecified atom stereocenters. The Morgan fingerprint density at radius 1 is 1.00 bits per heavy atom. The fourth-order valence-corrected chi connectivity index (χ4v) is 3.17. The Balaban J connectivity index is 2.33. The van der Waals surface area contributed by atoms with Gasteiger partial charge in [0.2, 0.25) is 5.91 Å². The lowest BCUT2D eigenvalue weighted by Crippen LogP contribution is -2.22. The van der Waals surface area contributed by atoms with Crippen molar-refractivity contribution in [1.82, 2.24) is 0 Å². The Morgan fingerprint density at radius 3 is 2.14 bits per heavy atom. The zero-order valence-corrected chi connectivity index (χ0v) is 17.9. The molecule has 5 heteroatoms. The topological polar surface area (TPSA) is 90.2 Å². The molecule has 0 aromatic heterocycles. The Hall–Kier alpha value is -3.13. The van der Waals surface area contributed by atoms with Crippen molar-refractivity contribution in [1.29, 1.82) is 5.26 Å². The van der Waals surface area contributed by atoms with Crippen LogP contribution in [0, 0.1) is 11.3 Å². The van der Waals surface area contributed by atoms with Crippen LogP contribution >= 0.6 is 0 Å². The fraction of sp³-hybridized carbons (Fsp3) is 0.375. The van der Waals surface area contributed by atoms with Crippen molar-refractivity contribution < 1.29 is 14.7 Å². The minimum atomic E-state index is -0.490. The lowest BCUT2D eigenvalue weighted by Gasteiger charge is -2.28. The molecule has 0 saturated heterocycles. The monoisotopic (exact) mass is 392 g/mol. The van der Waals surface area contributed by atoms with E-state index in [1.165, 1.54) is 0 Å². The molecule has 1 amide bonds. The Bertz CT molecular complexity index is 987. The highest BCUT2D eigenvalue weighted by Crippen LogP contribution is 2.39. The summed E-state index contributed by atoms with van der Waals surface area (Å²) in [6.07, 6.45) is -0.385. The van der Waals surface area contributed by atoms with Crippen LogP contribution in [0.2, 0.25) is 0 Å². The van der Waals surface area contributed by atoms with Gasteiger partial charge in [-0.15, -0.1) is 0 Å². The van der Waals surface area contributed by atoms with Gasteiger partial charge in [-0.05, 0) is 34.1 Å². The first-order valence-corrected chi connectivity index (χ1v) is 9.54. The summed E-state index contributed by atoms with van der Waals surface area (Å²) < 4.78 is 0. The highest BCUT2D eigenvalue weighted by atomic mass is 16.3. The number of nitriles is 1. The SMILES string of the molecule is CC(C)(C)c1cc(C(C)(C)C)c(NC(=O)CC(=O)c2ccccc2C#N)cc1O. The number of Topliss-reactive ketones (excluding diaryl/α,β-unsaturated/α-hetero) is 1.